The molecular formula is C14H18N2O3. The summed E-state index contributed by atoms with van der Waals surface area (Å²) >= 11 is 0. The van der Waals surface area contributed by atoms with Crippen LogP contribution >= 0.6 is 0 Å². The molecule has 102 valence electrons. The van der Waals surface area contributed by atoms with E-state index in [2.05, 4.69) is 5.32 Å². The summed E-state index contributed by atoms with van der Waals surface area (Å²) in [4.78, 5) is 25.6. The Balaban J connectivity index is 2.17. The molecule has 0 aromatic heterocycles. The zero-order chi connectivity index (χ0) is 13.7. The van der Waals surface area contributed by atoms with Crippen molar-refractivity contribution in [3.8, 4) is 0 Å². The summed E-state index contributed by atoms with van der Waals surface area (Å²) in [5, 5.41) is 2.63. The highest BCUT2D eigenvalue weighted by molar-refractivity contribution is 6.09. The van der Waals surface area contributed by atoms with E-state index in [-0.39, 0.29) is 18.4 Å². The summed E-state index contributed by atoms with van der Waals surface area (Å²) in [6.45, 7) is 1.34. The fourth-order valence-corrected chi connectivity index (χ4v) is 2.14. The van der Waals surface area contributed by atoms with Gasteiger partial charge in [0.2, 0.25) is 5.91 Å². The van der Waals surface area contributed by atoms with Crippen LogP contribution in [0.3, 0.4) is 0 Å². The van der Waals surface area contributed by atoms with E-state index in [0.29, 0.717) is 24.4 Å². The molecule has 0 fully saturated rings. The summed E-state index contributed by atoms with van der Waals surface area (Å²) < 4.78 is 5.00. The maximum Gasteiger partial charge on any atom is 0.253 e. The number of nitrogens with zero attached hydrogens (tertiary/aromatic N) is 1. The first-order valence-corrected chi connectivity index (χ1v) is 6.40. The summed E-state index contributed by atoms with van der Waals surface area (Å²) in [6, 6.07) is 7.20. The molecule has 2 rings (SSSR count). The standard InChI is InChI=1S/C14H18N2O3/c1-19-9-5-4-8-16-12-7-3-2-6-11(12)14(18)15-10-13(16)17/h2-3,6-7H,4-5,8-10H2,1H3,(H,15,18). The highest BCUT2D eigenvalue weighted by atomic mass is 16.5. The van der Waals surface area contributed by atoms with E-state index >= 15 is 0 Å². The van der Waals surface area contributed by atoms with Crippen LogP contribution in [0.4, 0.5) is 5.69 Å². The van der Waals surface area contributed by atoms with Crippen LogP contribution in [-0.4, -0.2) is 38.6 Å². The summed E-state index contributed by atoms with van der Waals surface area (Å²) in [5.41, 5.74) is 1.25. The maximum absolute atomic E-state index is 12.1. The molecule has 1 aliphatic heterocycles. The first-order valence-electron chi connectivity index (χ1n) is 6.40. The Bertz CT molecular complexity index is 474. The lowest BCUT2D eigenvalue weighted by Crippen LogP contribution is -2.37. The zero-order valence-electron chi connectivity index (χ0n) is 11.0. The molecule has 0 saturated heterocycles. The van der Waals surface area contributed by atoms with Crippen LogP contribution in [0, 0.1) is 0 Å². The molecule has 5 nitrogen and oxygen atoms in total. The number of carbonyl (C=O) groups excluding carboxylic acids is 2. The van der Waals surface area contributed by atoms with Gasteiger partial charge in [-0.1, -0.05) is 12.1 Å². The van der Waals surface area contributed by atoms with E-state index in [1.54, 1.807) is 24.1 Å². The van der Waals surface area contributed by atoms with Crippen LogP contribution in [0.15, 0.2) is 24.3 Å². The molecule has 0 bridgehead atoms. The number of hydrogen-bond acceptors (Lipinski definition) is 3. The summed E-state index contributed by atoms with van der Waals surface area (Å²) in [6.07, 6.45) is 1.74. The average Bonchev–Trinajstić information content (AvgIpc) is 2.55. The number of carbonyl (C=O) groups is 2. The molecule has 1 aliphatic rings. The molecule has 0 saturated carbocycles. The fraction of sp³-hybridized carbons (Fsp3) is 0.429. The minimum atomic E-state index is -0.191. The Hall–Kier alpha value is -1.88. The van der Waals surface area contributed by atoms with Crippen LogP contribution in [0.25, 0.3) is 0 Å². The van der Waals surface area contributed by atoms with E-state index in [1.807, 2.05) is 12.1 Å². The third-order valence-corrected chi connectivity index (χ3v) is 3.12. The minimum Gasteiger partial charge on any atom is -0.385 e. The number of unbranched alkanes of at least 4 members (excludes halogenated alkanes) is 1. The number of para-hydroxylation sites is 1. The number of benzene rings is 1. The van der Waals surface area contributed by atoms with Crippen molar-refractivity contribution < 1.29 is 14.3 Å². The van der Waals surface area contributed by atoms with E-state index in [1.165, 1.54) is 0 Å². The first kappa shape index (κ1) is 13.5. The predicted molar refractivity (Wildman–Crippen MR) is 72.2 cm³/mol. The zero-order valence-corrected chi connectivity index (χ0v) is 11.0. The van der Waals surface area contributed by atoms with Gasteiger partial charge in [-0.25, -0.2) is 0 Å². The Labute approximate surface area is 112 Å². The van der Waals surface area contributed by atoms with Crippen molar-refractivity contribution in [2.45, 2.75) is 12.8 Å². The second-order valence-electron chi connectivity index (χ2n) is 4.45. The largest absolute Gasteiger partial charge is 0.385 e. The Morgan fingerprint density at radius 2 is 2.05 bits per heavy atom. The topological polar surface area (TPSA) is 58.6 Å². The number of methoxy groups -OCH3 is 1. The van der Waals surface area contributed by atoms with Crippen molar-refractivity contribution in [2.75, 3.05) is 31.7 Å². The minimum absolute atomic E-state index is 0.0534. The van der Waals surface area contributed by atoms with Gasteiger partial charge in [0.15, 0.2) is 0 Å². The molecule has 0 radical (unpaired) electrons. The Kier molecular flexibility index (Phi) is 4.52. The Morgan fingerprint density at radius 1 is 1.26 bits per heavy atom. The third kappa shape index (κ3) is 3.12. The lowest BCUT2D eigenvalue weighted by Gasteiger charge is -2.21. The molecule has 1 aromatic carbocycles. The number of anilines is 1. The van der Waals surface area contributed by atoms with Crippen LogP contribution in [0.1, 0.15) is 23.2 Å². The van der Waals surface area contributed by atoms with Gasteiger partial charge in [-0.05, 0) is 25.0 Å². The van der Waals surface area contributed by atoms with E-state index in [9.17, 15) is 9.59 Å². The van der Waals surface area contributed by atoms with Gasteiger partial charge in [-0.15, -0.1) is 0 Å². The van der Waals surface area contributed by atoms with Crippen molar-refractivity contribution >= 4 is 17.5 Å². The van der Waals surface area contributed by atoms with Gasteiger partial charge in [0.1, 0.15) is 0 Å². The average molecular weight is 262 g/mol. The van der Waals surface area contributed by atoms with Gasteiger partial charge < -0.3 is 15.0 Å². The number of amides is 2. The molecule has 1 aromatic rings. The maximum atomic E-state index is 12.1. The van der Waals surface area contributed by atoms with Crippen LogP contribution in [0.5, 0.6) is 0 Å². The lowest BCUT2D eigenvalue weighted by molar-refractivity contribution is -0.117. The second-order valence-corrected chi connectivity index (χ2v) is 4.45. The van der Waals surface area contributed by atoms with Crippen LogP contribution in [-0.2, 0) is 9.53 Å². The van der Waals surface area contributed by atoms with E-state index in [4.69, 9.17) is 4.74 Å². The monoisotopic (exact) mass is 262 g/mol. The number of fused-ring (bicyclic) bond motifs is 1. The number of rotatable bonds is 5. The smallest absolute Gasteiger partial charge is 0.253 e. The van der Waals surface area contributed by atoms with Crippen molar-refractivity contribution in [3.63, 3.8) is 0 Å². The van der Waals surface area contributed by atoms with Gasteiger partial charge in [0, 0.05) is 20.3 Å². The highest BCUT2D eigenvalue weighted by Crippen LogP contribution is 2.22. The number of hydrogen-bond donors (Lipinski definition) is 1. The molecule has 0 atom stereocenters. The van der Waals surface area contributed by atoms with Gasteiger partial charge >= 0.3 is 0 Å². The second kappa shape index (κ2) is 6.33. The third-order valence-electron chi connectivity index (χ3n) is 3.12. The fourth-order valence-electron chi connectivity index (χ4n) is 2.14. The number of nitrogens with one attached hydrogen (secondary N) is 1. The van der Waals surface area contributed by atoms with Gasteiger partial charge in [-0.2, -0.15) is 0 Å². The van der Waals surface area contributed by atoms with E-state index in [0.717, 1.165) is 12.8 Å². The van der Waals surface area contributed by atoms with Crippen molar-refractivity contribution in [3.05, 3.63) is 29.8 Å². The highest BCUT2D eigenvalue weighted by Gasteiger charge is 2.25. The SMILES string of the molecule is COCCCCN1C(=O)CNC(=O)c2ccccc21. The summed E-state index contributed by atoms with van der Waals surface area (Å²) in [5.74, 6) is -0.265. The number of ether oxygens (including phenoxy) is 1. The molecule has 0 spiro atoms. The molecule has 2 amide bonds. The van der Waals surface area contributed by atoms with Crippen molar-refractivity contribution in [1.29, 1.82) is 0 Å². The molecule has 0 aliphatic carbocycles. The van der Waals surface area contributed by atoms with Gasteiger partial charge in [-0.3, -0.25) is 9.59 Å². The van der Waals surface area contributed by atoms with Crippen molar-refractivity contribution in [1.82, 2.24) is 5.32 Å². The van der Waals surface area contributed by atoms with Crippen LogP contribution < -0.4 is 10.2 Å². The van der Waals surface area contributed by atoms with Crippen LogP contribution in [0.2, 0.25) is 0 Å². The molecule has 1 N–H and O–H groups in total. The Morgan fingerprint density at radius 3 is 2.84 bits per heavy atom. The summed E-state index contributed by atoms with van der Waals surface area (Å²) in [7, 11) is 1.66. The molecule has 19 heavy (non-hydrogen) atoms. The quantitative estimate of drug-likeness (QED) is 0.811. The van der Waals surface area contributed by atoms with Gasteiger partial charge in [0.25, 0.3) is 5.91 Å². The molecule has 1 heterocycles. The molecule has 0 unspecified atom stereocenters. The van der Waals surface area contributed by atoms with E-state index < -0.39 is 0 Å². The normalized spacial score (nSPS) is 14.9. The van der Waals surface area contributed by atoms with Gasteiger partial charge in [0.05, 0.1) is 17.8 Å². The van der Waals surface area contributed by atoms with Crippen molar-refractivity contribution in [2.24, 2.45) is 0 Å². The first-order chi connectivity index (χ1) is 9.24. The molecular weight excluding hydrogens is 244 g/mol. The predicted octanol–water partition coefficient (Wildman–Crippen LogP) is 1.19. The molecule has 5 heteroatoms. The lowest BCUT2D eigenvalue weighted by atomic mass is 10.1.